The molecule has 7 heteroatoms. The zero-order valence-corrected chi connectivity index (χ0v) is 13.7. The molecule has 0 aliphatic heterocycles. The van der Waals surface area contributed by atoms with E-state index in [1.54, 1.807) is 18.2 Å². The molecule has 0 heterocycles. The molecule has 0 saturated carbocycles. The molecule has 1 aromatic rings. The molecule has 0 fully saturated rings. The van der Waals surface area contributed by atoms with Crippen LogP contribution in [-0.2, 0) is 9.84 Å². The molecule has 1 aromatic carbocycles. The van der Waals surface area contributed by atoms with E-state index >= 15 is 0 Å². The van der Waals surface area contributed by atoms with Crippen LogP contribution in [0.25, 0.3) is 6.08 Å². The summed E-state index contributed by atoms with van der Waals surface area (Å²) in [4.78, 5) is -0.308. The van der Waals surface area contributed by atoms with E-state index in [1.165, 1.54) is 13.2 Å². The highest BCUT2D eigenvalue weighted by atomic mass is 79.9. The quantitative estimate of drug-likeness (QED) is 0.755. The summed E-state index contributed by atoms with van der Waals surface area (Å²) >= 11 is 3.32. The van der Waals surface area contributed by atoms with Crippen molar-refractivity contribution in [1.29, 1.82) is 5.26 Å². The Morgan fingerprint density at radius 1 is 1.50 bits per heavy atom. The summed E-state index contributed by atoms with van der Waals surface area (Å²) in [5.74, 6) is 0.989. The average molecular weight is 360 g/mol. The van der Waals surface area contributed by atoms with Gasteiger partial charge < -0.3 is 9.47 Å². The third kappa shape index (κ3) is 3.99. The second-order valence-corrected chi connectivity index (χ2v) is 6.70. The number of allylic oxidation sites excluding steroid dienone is 1. The van der Waals surface area contributed by atoms with Crippen LogP contribution in [0.3, 0.4) is 0 Å². The molecule has 0 saturated heterocycles. The number of halogens is 1. The molecule has 0 aliphatic rings. The molecule has 0 spiro atoms. The van der Waals surface area contributed by atoms with Crippen LogP contribution in [0.4, 0.5) is 0 Å². The fraction of sp³-hybridized carbons (Fsp3) is 0.308. The van der Waals surface area contributed by atoms with E-state index in [-0.39, 0.29) is 4.91 Å². The van der Waals surface area contributed by atoms with Gasteiger partial charge in [-0.15, -0.1) is 0 Å². The van der Waals surface area contributed by atoms with Crippen molar-refractivity contribution in [3.8, 4) is 17.6 Å². The first kappa shape index (κ1) is 16.5. The Balaban J connectivity index is 3.42. The Bertz CT molecular complexity index is 674. The van der Waals surface area contributed by atoms with Crippen LogP contribution in [0.1, 0.15) is 12.5 Å². The number of nitriles is 1. The lowest BCUT2D eigenvalue weighted by atomic mass is 10.2. The van der Waals surface area contributed by atoms with Crippen LogP contribution in [0, 0.1) is 11.3 Å². The number of rotatable bonds is 5. The third-order valence-electron chi connectivity index (χ3n) is 2.34. The summed E-state index contributed by atoms with van der Waals surface area (Å²) in [6.45, 7) is 2.26. The molecule has 0 unspecified atom stereocenters. The highest BCUT2D eigenvalue weighted by molar-refractivity contribution is 9.10. The first-order chi connectivity index (χ1) is 9.33. The van der Waals surface area contributed by atoms with Crippen molar-refractivity contribution in [2.24, 2.45) is 0 Å². The fourth-order valence-corrected chi connectivity index (χ4v) is 2.64. The summed E-state index contributed by atoms with van der Waals surface area (Å²) in [7, 11) is -2.04. The molecule has 20 heavy (non-hydrogen) atoms. The van der Waals surface area contributed by atoms with Crippen molar-refractivity contribution >= 4 is 31.8 Å². The minimum absolute atomic E-state index is 0.308. The lowest BCUT2D eigenvalue weighted by molar-refractivity contribution is 0.310. The Hall–Kier alpha value is -1.52. The molecule has 0 aliphatic carbocycles. The minimum Gasteiger partial charge on any atom is -0.492 e. The zero-order chi connectivity index (χ0) is 15.3. The largest absolute Gasteiger partial charge is 0.492 e. The highest BCUT2D eigenvalue weighted by Gasteiger charge is 2.14. The van der Waals surface area contributed by atoms with Gasteiger partial charge in [-0.05, 0) is 46.6 Å². The van der Waals surface area contributed by atoms with E-state index in [9.17, 15) is 8.42 Å². The summed E-state index contributed by atoms with van der Waals surface area (Å²) < 4.78 is 34.1. The smallest absolute Gasteiger partial charge is 0.185 e. The van der Waals surface area contributed by atoms with Gasteiger partial charge in [0.25, 0.3) is 0 Å². The van der Waals surface area contributed by atoms with Gasteiger partial charge in [0, 0.05) is 6.26 Å². The topological polar surface area (TPSA) is 76.4 Å². The summed E-state index contributed by atoms with van der Waals surface area (Å²) in [6.07, 6.45) is 2.28. The first-order valence-corrected chi connectivity index (χ1v) is 8.34. The molecule has 108 valence electrons. The third-order valence-corrected chi connectivity index (χ3v) is 3.94. The number of ether oxygens (including phenoxy) is 2. The second kappa shape index (κ2) is 6.77. The van der Waals surface area contributed by atoms with E-state index in [1.807, 2.05) is 6.92 Å². The highest BCUT2D eigenvalue weighted by Crippen LogP contribution is 2.37. The van der Waals surface area contributed by atoms with E-state index < -0.39 is 9.84 Å². The summed E-state index contributed by atoms with van der Waals surface area (Å²) in [6, 6.07) is 4.95. The van der Waals surface area contributed by atoms with Gasteiger partial charge in [-0.3, -0.25) is 0 Å². The molecule has 0 atom stereocenters. The number of sulfone groups is 1. The number of methoxy groups -OCH3 is 1. The number of benzene rings is 1. The van der Waals surface area contributed by atoms with Gasteiger partial charge in [-0.1, -0.05) is 0 Å². The van der Waals surface area contributed by atoms with Crippen molar-refractivity contribution < 1.29 is 17.9 Å². The Morgan fingerprint density at radius 2 is 2.15 bits per heavy atom. The molecule has 1 rings (SSSR count). The predicted octanol–water partition coefficient (Wildman–Crippen LogP) is 2.77. The van der Waals surface area contributed by atoms with Crippen LogP contribution in [0.5, 0.6) is 11.5 Å². The van der Waals surface area contributed by atoms with Gasteiger partial charge >= 0.3 is 0 Å². The van der Waals surface area contributed by atoms with Gasteiger partial charge in [0.05, 0.1) is 18.2 Å². The molecule has 0 radical (unpaired) electrons. The summed E-state index contributed by atoms with van der Waals surface area (Å²) in [5, 5.41) is 8.90. The van der Waals surface area contributed by atoms with E-state index in [0.29, 0.717) is 28.1 Å². The van der Waals surface area contributed by atoms with Gasteiger partial charge in [-0.25, -0.2) is 8.42 Å². The van der Waals surface area contributed by atoms with Gasteiger partial charge in [0.1, 0.15) is 11.0 Å². The molecule has 0 bridgehead atoms. The number of hydrogen-bond donors (Lipinski definition) is 0. The molecule has 0 N–H and O–H groups in total. The molecule has 5 nitrogen and oxygen atoms in total. The SMILES string of the molecule is CCOc1cc(/C=C(\C#N)S(C)(=O)=O)cc(Br)c1OC. The van der Waals surface area contributed by atoms with Crippen molar-refractivity contribution in [2.45, 2.75) is 6.92 Å². The number of nitrogens with zero attached hydrogens (tertiary/aromatic N) is 1. The van der Waals surface area contributed by atoms with Crippen molar-refractivity contribution in [1.82, 2.24) is 0 Å². The van der Waals surface area contributed by atoms with Crippen LogP contribution < -0.4 is 9.47 Å². The van der Waals surface area contributed by atoms with Gasteiger partial charge in [-0.2, -0.15) is 5.26 Å². The Kier molecular flexibility index (Phi) is 5.60. The maximum atomic E-state index is 11.4. The Morgan fingerprint density at radius 3 is 2.60 bits per heavy atom. The number of hydrogen-bond acceptors (Lipinski definition) is 5. The molecular weight excluding hydrogens is 346 g/mol. The predicted molar refractivity (Wildman–Crippen MR) is 80.3 cm³/mol. The molecule has 0 amide bonds. The van der Waals surface area contributed by atoms with E-state index in [2.05, 4.69) is 15.9 Å². The maximum absolute atomic E-state index is 11.4. The fourth-order valence-electron chi connectivity index (χ4n) is 1.51. The van der Waals surface area contributed by atoms with Crippen LogP contribution in [0.2, 0.25) is 0 Å². The molecular formula is C13H14BrNO4S. The molecule has 0 aromatic heterocycles. The van der Waals surface area contributed by atoms with Crippen LogP contribution in [0.15, 0.2) is 21.5 Å². The normalized spacial score (nSPS) is 11.8. The van der Waals surface area contributed by atoms with E-state index in [4.69, 9.17) is 14.7 Å². The van der Waals surface area contributed by atoms with Crippen LogP contribution >= 0.6 is 15.9 Å². The second-order valence-electron chi connectivity index (χ2n) is 3.86. The van der Waals surface area contributed by atoms with E-state index in [0.717, 1.165) is 6.26 Å². The minimum atomic E-state index is -3.55. The monoisotopic (exact) mass is 359 g/mol. The van der Waals surface area contributed by atoms with Gasteiger partial charge in [0.2, 0.25) is 0 Å². The zero-order valence-electron chi connectivity index (χ0n) is 11.3. The van der Waals surface area contributed by atoms with Gasteiger partial charge in [0.15, 0.2) is 21.3 Å². The van der Waals surface area contributed by atoms with Crippen molar-refractivity contribution in [3.05, 3.63) is 27.1 Å². The summed E-state index contributed by atoms with van der Waals surface area (Å²) in [5.41, 5.74) is 0.531. The van der Waals surface area contributed by atoms with Crippen molar-refractivity contribution in [2.75, 3.05) is 20.0 Å². The lowest BCUT2D eigenvalue weighted by Gasteiger charge is -2.12. The van der Waals surface area contributed by atoms with Crippen molar-refractivity contribution in [3.63, 3.8) is 0 Å². The Labute approximate surface area is 126 Å². The first-order valence-electron chi connectivity index (χ1n) is 5.65. The lowest BCUT2D eigenvalue weighted by Crippen LogP contribution is -1.99. The average Bonchev–Trinajstić information content (AvgIpc) is 2.34. The van der Waals surface area contributed by atoms with Crippen LogP contribution in [-0.4, -0.2) is 28.4 Å². The standard InChI is InChI=1S/C13H14BrNO4S/c1-4-19-12-7-9(6-11(14)13(12)18-2)5-10(8-15)20(3,16)17/h5-7H,4H2,1-3H3/b10-5+. The maximum Gasteiger partial charge on any atom is 0.185 e.